The van der Waals surface area contributed by atoms with Crippen LogP contribution in [0.3, 0.4) is 0 Å². The molecule has 0 spiro atoms. The van der Waals surface area contributed by atoms with Gasteiger partial charge in [0.25, 0.3) is 5.91 Å². The molecule has 1 aromatic heterocycles. The highest BCUT2D eigenvalue weighted by atomic mass is 16.5. The summed E-state index contributed by atoms with van der Waals surface area (Å²) < 4.78 is 5.96. The van der Waals surface area contributed by atoms with Gasteiger partial charge < -0.3 is 15.4 Å². The van der Waals surface area contributed by atoms with Gasteiger partial charge in [0.15, 0.2) is 5.75 Å². The molecule has 3 aromatic rings. The molecule has 2 aromatic carbocycles. The topological polar surface area (TPSA) is 63.2 Å². The van der Waals surface area contributed by atoms with Gasteiger partial charge in [-0.05, 0) is 49.2 Å². The van der Waals surface area contributed by atoms with Crippen LogP contribution >= 0.6 is 0 Å². The summed E-state index contributed by atoms with van der Waals surface area (Å²) in [5.74, 6) is 2.07. The Morgan fingerprint density at radius 1 is 0.929 bits per heavy atom. The second-order valence-corrected chi connectivity index (χ2v) is 6.92. The average Bonchev–Trinajstić information content (AvgIpc) is 3.24. The van der Waals surface area contributed by atoms with Gasteiger partial charge in [-0.1, -0.05) is 43.2 Å². The van der Waals surface area contributed by atoms with Crippen molar-refractivity contribution in [1.82, 2.24) is 10.3 Å². The third kappa shape index (κ3) is 4.49. The van der Waals surface area contributed by atoms with Gasteiger partial charge in [0.1, 0.15) is 11.6 Å². The van der Waals surface area contributed by atoms with Crippen molar-refractivity contribution < 1.29 is 9.53 Å². The zero-order chi connectivity index (χ0) is 19.2. The van der Waals surface area contributed by atoms with Crippen molar-refractivity contribution in [3.8, 4) is 11.5 Å². The van der Waals surface area contributed by atoms with Gasteiger partial charge in [0.05, 0.1) is 11.3 Å². The molecular formula is C23H23N3O2. The second-order valence-electron chi connectivity index (χ2n) is 6.92. The minimum Gasteiger partial charge on any atom is -0.455 e. The van der Waals surface area contributed by atoms with Crippen molar-refractivity contribution in [2.24, 2.45) is 0 Å². The largest absolute Gasteiger partial charge is 0.455 e. The van der Waals surface area contributed by atoms with Gasteiger partial charge in [-0.2, -0.15) is 0 Å². The smallest absolute Gasteiger partial charge is 0.253 e. The van der Waals surface area contributed by atoms with Gasteiger partial charge in [0, 0.05) is 12.2 Å². The Hall–Kier alpha value is -3.34. The van der Waals surface area contributed by atoms with Crippen LogP contribution in [-0.4, -0.2) is 16.9 Å². The van der Waals surface area contributed by atoms with Crippen LogP contribution in [0.25, 0.3) is 0 Å². The Morgan fingerprint density at radius 2 is 1.68 bits per heavy atom. The highest BCUT2D eigenvalue weighted by molar-refractivity contribution is 5.94. The SMILES string of the molecule is O=C(NC1CCCC1)c1ccc(Nc2ccccc2Oc2ccccc2)nc1. The van der Waals surface area contributed by atoms with Crippen molar-refractivity contribution in [2.75, 3.05) is 5.32 Å². The minimum atomic E-state index is -0.0567. The zero-order valence-electron chi connectivity index (χ0n) is 15.6. The Balaban J connectivity index is 1.44. The fourth-order valence-corrected chi connectivity index (χ4v) is 3.35. The Kier molecular flexibility index (Phi) is 5.52. The maximum atomic E-state index is 12.3. The van der Waals surface area contributed by atoms with Crippen LogP contribution in [0.15, 0.2) is 72.9 Å². The quantitative estimate of drug-likeness (QED) is 0.616. The number of ether oxygens (including phenoxy) is 1. The molecular weight excluding hydrogens is 350 g/mol. The second kappa shape index (κ2) is 8.57. The van der Waals surface area contributed by atoms with Gasteiger partial charge in [-0.15, -0.1) is 0 Å². The van der Waals surface area contributed by atoms with Crippen LogP contribution in [0.2, 0.25) is 0 Å². The summed E-state index contributed by atoms with van der Waals surface area (Å²) in [6.45, 7) is 0. The fraction of sp³-hybridized carbons (Fsp3) is 0.217. The number of nitrogens with one attached hydrogen (secondary N) is 2. The first-order valence-electron chi connectivity index (χ1n) is 9.64. The fourth-order valence-electron chi connectivity index (χ4n) is 3.35. The number of hydrogen-bond acceptors (Lipinski definition) is 4. The van der Waals surface area contributed by atoms with E-state index < -0.39 is 0 Å². The maximum Gasteiger partial charge on any atom is 0.253 e. The normalized spacial score (nSPS) is 13.9. The molecule has 4 rings (SSSR count). The van der Waals surface area contributed by atoms with Crippen molar-refractivity contribution in [2.45, 2.75) is 31.7 Å². The van der Waals surface area contributed by atoms with Crippen LogP contribution in [-0.2, 0) is 0 Å². The monoisotopic (exact) mass is 373 g/mol. The van der Waals surface area contributed by atoms with Gasteiger partial charge in [0.2, 0.25) is 0 Å². The summed E-state index contributed by atoms with van der Waals surface area (Å²) in [5, 5.41) is 6.35. The van der Waals surface area contributed by atoms with E-state index in [0.29, 0.717) is 23.2 Å². The molecule has 28 heavy (non-hydrogen) atoms. The first-order chi connectivity index (χ1) is 13.8. The van der Waals surface area contributed by atoms with E-state index in [4.69, 9.17) is 4.74 Å². The van der Waals surface area contributed by atoms with Crippen molar-refractivity contribution in [3.63, 3.8) is 0 Å². The number of amides is 1. The lowest BCUT2D eigenvalue weighted by Gasteiger charge is -2.13. The number of benzene rings is 2. The molecule has 0 bridgehead atoms. The number of carbonyl (C=O) groups is 1. The number of para-hydroxylation sites is 3. The van der Waals surface area contributed by atoms with Crippen molar-refractivity contribution >= 4 is 17.4 Å². The highest BCUT2D eigenvalue weighted by Crippen LogP contribution is 2.31. The molecule has 2 N–H and O–H groups in total. The third-order valence-electron chi connectivity index (χ3n) is 4.84. The molecule has 0 saturated heterocycles. The predicted octanol–water partition coefficient (Wildman–Crippen LogP) is 5.29. The molecule has 0 unspecified atom stereocenters. The first-order valence-corrected chi connectivity index (χ1v) is 9.64. The molecule has 0 aliphatic heterocycles. The van der Waals surface area contributed by atoms with E-state index >= 15 is 0 Å². The van der Waals surface area contributed by atoms with Crippen LogP contribution in [0.5, 0.6) is 11.5 Å². The van der Waals surface area contributed by atoms with E-state index in [-0.39, 0.29) is 5.91 Å². The highest BCUT2D eigenvalue weighted by Gasteiger charge is 2.18. The Bertz CT molecular complexity index is 920. The average molecular weight is 373 g/mol. The molecule has 5 heteroatoms. The Labute approximate surface area is 164 Å². The molecule has 0 radical (unpaired) electrons. The van der Waals surface area contributed by atoms with Crippen LogP contribution < -0.4 is 15.4 Å². The molecule has 1 heterocycles. The van der Waals surface area contributed by atoms with Gasteiger partial charge in [-0.3, -0.25) is 4.79 Å². The lowest BCUT2D eigenvalue weighted by atomic mass is 10.2. The molecule has 5 nitrogen and oxygen atoms in total. The molecule has 1 aliphatic rings. The van der Waals surface area contributed by atoms with E-state index in [1.54, 1.807) is 12.3 Å². The number of hydrogen-bond donors (Lipinski definition) is 2. The van der Waals surface area contributed by atoms with E-state index in [0.717, 1.165) is 24.3 Å². The lowest BCUT2D eigenvalue weighted by Crippen LogP contribution is -2.32. The van der Waals surface area contributed by atoms with E-state index in [1.165, 1.54) is 12.8 Å². The minimum absolute atomic E-state index is 0.0567. The van der Waals surface area contributed by atoms with Crippen molar-refractivity contribution in [1.29, 1.82) is 0 Å². The molecule has 1 saturated carbocycles. The lowest BCUT2D eigenvalue weighted by molar-refractivity contribution is 0.0937. The third-order valence-corrected chi connectivity index (χ3v) is 4.84. The van der Waals surface area contributed by atoms with E-state index in [9.17, 15) is 4.79 Å². The summed E-state index contributed by atoms with van der Waals surface area (Å²) in [6, 6.07) is 21.2. The maximum absolute atomic E-state index is 12.3. The number of aromatic nitrogens is 1. The number of rotatable bonds is 6. The number of anilines is 2. The number of nitrogens with zero attached hydrogens (tertiary/aromatic N) is 1. The summed E-state index contributed by atoms with van der Waals surface area (Å²) in [7, 11) is 0. The van der Waals surface area contributed by atoms with Gasteiger partial charge >= 0.3 is 0 Å². The van der Waals surface area contributed by atoms with Crippen LogP contribution in [0.4, 0.5) is 11.5 Å². The Morgan fingerprint density at radius 3 is 2.43 bits per heavy atom. The van der Waals surface area contributed by atoms with Crippen LogP contribution in [0, 0.1) is 0 Å². The molecule has 1 aliphatic carbocycles. The van der Waals surface area contributed by atoms with E-state index in [2.05, 4.69) is 15.6 Å². The number of pyridine rings is 1. The predicted molar refractivity (Wildman–Crippen MR) is 110 cm³/mol. The first kappa shape index (κ1) is 18.0. The van der Waals surface area contributed by atoms with Crippen molar-refractivity contribution in [3.05, 3.63) is 78.5 Å². The summed E-state index contributed by atoms with van der Waals surface area (Å²) in [5.41, 5.74) is 1.38. The summed E-state index contributed by atoms with van der Waals surface area (Å²) in [4.78, 5) is 16.7. The molecule has 142 valence electrons. The number of carbonyl (C=O) groups excluding carboxylic acids is 1. The molecule has 1 amide bonds. The molecule has 1 fully saturated rings. The standard InChI is InChI=1S/C23H23N3O2/c27-23(25-18-8-4-5-9-18)17-14-15-22(24-16-17)26-20-12-6-7-13-21(20)28-19-10-2-1-3-11-19/h1-3,6-7,10-16,18H,4-5,8-9H2,(H,24,26)(H,25,27). The zero-order valence-corrected chi connectivity index (χ0v) is 15.6. The summed E-state index contributed by atoms with van der Waals surface area (Å²) in [6.07, 6.45) is 6.12. The van der Waals surface area contributed by atoms with Gasteiger partial charge in [-0.25, -0.2) is 4.98 Å². The molecule has 0 atom stereocenters. The van der Waals surface area contributed by atoms with E-state index in [1.807, 2.05) is 60.7 Å². The van der Waals surface area contributed by atoms with Crippen LogP contribution in [0.1, 0.15) is 36.0 Å². The summed E-state index contributed by atoms with van der Waals surface area (Å²) >= 11 is 0.